The predicted molar refractivity (Wildman–Crippen MR) is 92.4 cm³/mol. The molecule has 124 valence electrons. The summed E-state index contributed by atoms with van der Waals surface area (Å²) in [7, 11) is 0. The van der Waals surface area contributed by atoms with Crippen molar-refractivity contribution in [1.82, 2.24) is 9.78 Å². The number of unbranched alkanes of at least 4 members (excludes halogenated alkanes) is 1. The zero-order valence-electron chi connectivity index (χ0n) is 14.8. The van der Waals surface area contributed by atoms with Gasteiger partial charge in [0.2, 0.25) is 0 Å². The number of hydrogen-bond donors (Lipinski definition) is 0. The zero-order valence-corrected chi connectivity index (χ0v) is 14.8. The molecule has 0 radical (unpaired) electrons. The van der Waals surface area contributed by atoms with Gasteiger partial charge in [-0.25, -0.2) is 4.68 Å². The van der Waals surface area contributed by atoms with Crippen LogP contribution in [0.2, 0.25) is 0 Å². The molecule has 4 nitrogen and oxygen atoms in total. The molecule has 0 saturated carbocycles. The number of hydrogen-bond acceptors (Lipinski definition) is 3. The van der Waals surface area contributed by atoms with Crippen LogP contribution in [0, 0.1) is 27.7 Å². The molecule has 0 aliphatic carbocycles. The highest BCUT2D eigenvalue weighted by molar-refractivity contribution is 5.80. The fourth-order valence-electron chi connectivity index (χ4n) is 2.86. The van der Waals surface area contributed by atoms with Gasteiger partial charge in [0.25, 0.3) is 5.91 Å². The minimum absolute atomic E-state index is 0.00191. The number of ether oxygens (including phenoxy) is 1. The molecule has 1 heterocycles. The van der Waals surface area contributed by atoms with Crippen LogP contribution in [0.1, 0.15) is 52.6 Å². The summed E-state index contributed by atoms with van der Waals surface area (Å²) in [5, 5.41) is 4.40. The lowest BCUT2D eigenvalue weighted by molar-refractivity contribution is 0.0818. The van der Waals surface area contributed by atoms with E-state index in [2.05, 4.69) is 18.1 Å². The van der Waals surface area contributed by atoms with E-state index in [-0.39, 0.29) is 12.5 Å². The fourth-order valence-corrected chi connectivity index (χ4v) is 2.86. The number of benzene rings is 1. The number of nitrogens with zero attached hydrogens (tertiary/aromatic N) is 2. The number of aromatic nitrogens is 2. The summed E-state index contributed by atoms with van der Waals surface area (Å²) in [4.78, 5) is 12.4. The molecule has 4 heteroatoms. The van der Waals surface area contributed by atoms with Gasteiger partial charge in [-0.3, -0.25) is 4.79 Å². The Bertz CT molecular complexity index is 681. The Balaban J connectivity index is 2.09. The van der Waals surface area contributed by atoms with E-state index in [0.29, 0.717) is 0 Å². The van der Waals surface area contributed by atoms with Gasteiger partial charge in [-0.05, 0) is 69.4 Å². The van der Waals surface area contributed by atoms with Crippen molar-refractivity contribution < 1.29 is 9.53 Å². The smallest absolute Gasteiger partial charge is 0.284 e. The summed E-state index contributed by atoms with van der Waals surface area (Å²) in [5.74, 6) is 0.594. The van der Waals surface area contributed by atoms with Crippen molar-refractivity contribution in [3.63, 3.8) is 0 Å². The lowest BCUT2D eigenvalue weighted by Crippen LogP contribution is -2.21. The van der Waals surface area contributed by atoms with Crippen LogP contribution in [0.3, 0.4) is 0 Å². The molecule has 0 fully saturated rings. The maximum absolute atomic E-state index is 12.4. The number of aryl methyl sites for hydroxylation is 3. The molecule has 0 bridgehead atoms. The van der Waals surface area contributed by atoms with E-state index in [1.165, 1.54) is 10.2 Å². The van der Waals surface area contributed by atoms with Gasteiger partial charge in [0.05, 0.1) is 5.69 Å². The van der Waals surface area contributed by atoms with Crippen molar-refractivity contribution in [2.45, 2.75) is 53.9 Å². The fraction of sp³-hybridized carbons (Fsp3) is 0.474. The molecule has 0 N–H and O–H groups in total. The quantitative estimate of drug-likeness (QED) is 0.803. The van der Waals surface area contributed by atoms with Crippen LogP contribution in [0.25, 0.3) is 0 Å². The predicted octanol–water partition coefficient (Wildman–Crippen LogP) is 4.18. The van der Waals surface area contributed by atoms with E-state index >= 15 is 0 Å². The molecule has 0 atom stereocenters. The summed E-state index contributed by atoms with van der Waals surface area (Å²) in [6.07, 6.45) is 3.22. The van der Waals surface area contributed by atoms with E-state index in [1.807, 2.05) is 39.8 Å². The van der Waals surface area contributed by atoms with Crippen molar-refractivity contribution in [1.29, 1.82) is 0 Å². The second-order valence-electron chi connectivity index (χ2n) is 6.17. The van der Waals surface area contributed by atoms with Gasteiger partial charge in [0.15, 0.2) is 6.61 Å². The van der Waals surface area contributed by atoms with Crippen molar-refractivity contribution >= 4 is 5.91 Å². The topological polar surface area (TPSA) is 44.1 Å². The summed E-state index contributed by atoms with van der Waals surface area (Å²) in [5.41, 5.74) is 5.31. The van der Waals surface area contributed by atoms with Gasteiger partial charge in [-0.2, -0.15) is 5.10 Å². The minimum Gasteiger partial charge on any atom is -0.484 e. The first-order valence-corrected chi connectivity index (χ1v) is 8.21. The Morgan fingerprint density at radius 2 is 1.78 bits per heavy atom. The second-order valence-corrected chi connectivity index (χ2v) is 6.17. The largest absolute Gasteiger partial charge is 0.484 e. The van der Waals surface area contributed by atoms with E-state index in [4.69, 9.17) is 4.74 Å². The molecule has 0 aliphatic heterocycles. The molecule has 0 unspecified atom stereocenters. The third-order valence-electron chi connectivity index (χ3n) is 4.02. The van der Waals surface area contributed by atoms with Crippen LogP contribution in [0.15, 0.2) is 18.2 Å². The number of carbonyl (C=O) groups is 1. The average molecular weight is 314 g/mol. The van der Waals surface area contributed by atoms with Gasteiger partial charge in [0.1, 0.15) is 5.75 Å². The molecular weight excluding hydrogens is 288 g/mol. The standard InChI is InChI=1S/C19H26N2O2/c1-6-7-8-18-15(4)20-21(16(18)5)19(22)12-23-17-10-13(2)9-14(3)11-17/h9-11H,6-8,12H2,1-5H3. The molecule has 0 aliphatic rings. The maximum Gasteiger partial charge on any atom is 0.284 e. The van der Waals surface area contributed by atoms with Crippen LogP contribution in [0.4, 0.5) is 0 Å². The first-order chi connectivity index (χ1) is 10.9. The first kappa shape index (κ1) is 17.3. The van der Waals surface area contributed by atoms with Gasteiger partial charge < -0.3 is 4.74 Å². The molecule has 2 aromatic rings. The van der Waals surface area contributed by atoms with Crippen LogP contribution in [-0.4, -0.2) is 22.3 Å². The Hall–Kier alpha value is -2.10. The molecule has 23 heavy (non-hydrogen) atoms. The highest BCUT2D eigenvalue weighted by Crippen LogP contribution is 2.18. The Kier molecular flexibility index (Phi) is 5.59. The van der Waals surface area contributed by atoms with Crippen molar-refractivity contribution in [3.8, 4) is 5.75 Å². The van der Waals surface area contributed by atoms with Gasteiger partial charge in [0, 0.05) is 5.69 Å². The molecule has 0 spiro atoms. The Labute approximate surface area is 138 Å². The molecule has 0 amide bonds. The van der Waals surface area contributed by atoms with Crippen molar-refractivity contribution in [2.75, 3.05) is 6.61 Å². The Morgan fingerprint density at radius 1 is 1.13 bits per heavy atom. The molecular formula is C19H26N2O2. The van der Waals surface area contributed by atoms with Gasteiger partial charge in [-0.1, -0.05) is 19.4 Å². The van der Waals surface area contributed by atoms with Crippen molar-refractivity contribution in [3.05, 3.63) is 46.3 Å². The van der Waals surface area contributed by atoms with E-state index in [0.717, 1.165) is 47.5 Å². The maximum atomic E-state index is 12.4. The zero-order chi connectivity index (χ0) is 17.0. The monoisotopic (exact) mass is 314 g/mol. The third-order valence-corrected chi connectivity index (χ3v) is 4.02. The highest BCUT2D eigenvalue weighted by Gasteiger charge is 2.16. The molecule has 0 saturated heterocycles. The Morgan fingerprint density at radius 3 is 2.39 bits per heavy atom. The second kappa shape index (κ2) is 7.44. The highest BCUT2D eigenvalue weighted by atomic mass is 16.5. The number of rotatable bonds is 6. The normalized spacial score (nSPS) is 10.8. The summed E-state index contributed by atoms with van der Waals surface area (Å²) >= 11 is 0. The number of carbonyl (C=O) groups excluding carboxylic acids is 1. The van der Waals surface area contributed by atoms with Gasteiger partial charge in [-0.15, -0.1) is 0 Å². The summed E-state index contributed by atoms with van der Waals surface area (Å²) in [6.45, 7) is 10.1. The van der Waals surface area contributed by atoms with Crippen LogP contribution >= 0.6 is 0 Å². The van der Waals surface area contributed by atoms with E-state index < -0.39 is 0 Å². The molecule has 1 aromatic heterocycles. The van der Waals surface area contributed by atoms with Gasteiger partial charge >= 0.3 is 0 Å². The lowest BCUT2D eigenvalue weighted by Gasteiger charge is -2.08. The van der Waals surface area contributed by atoms with Crippen LogP contribution in [-0.2, 0) is 6.42 Å². The SMILES string of the molecule is CCCCc1c(C)nn(C(=O)COc2cc(C)cc(C)c2)c1C. The third kappa shape index (κ3) is 4.21. The summed E-state index contributed by atoms with van der Waals surface area (Å²) in [6, 6.07) is 5.96. The molecule has 1 aromatic carbocycles. The van der Waals surface area contributed by atoms with Crippen LogP contribution in [0.5, 0.6) is 5.75 Å². The molecule has 2 rings (SSSR count). The van der Waals surface area contributed by atoms with Crippen molar-refractivity contribution in [2.24, 2.45) is 0 Å². The lowest BCUT2D eigenvalue weighted by atomic mass is 10.1. The van der Waals surface area contributed by atoms with E-state index in [9.17, 15) is 4.79 Å². The average Bonchev–Trinajstić information content (AvgIpc) is 2.77. The minimum atomic E-state index is -0.132. The first-order valence-electron chi connectivity index (χ1n) is 8.21. The van der Waals surface area contributed by atoms with E-state index in [1.54, 1.807) is 0 Å². The summed E-state index contributed by atoms with van der Waals surface area (Å²) < 4.78 is 7.15. The van der Waals surface area contributed by atoms with Crippen LogP contribution < -0.4 is 4.74 Å².